The van der Waals surface area contributed by atoms with Crippen molar-refractivity contribution in [2.75, 3.05) is 13.2 Å². The topological polar surface area (TPSA) is 52.6 Å². The van der Waals surface area contributed by atoms with E-state index in [-0.39, 0.29) is 6.33 Å². The largest absolute Gasteiger partial charge is 0.453 e. The summed E-state index contributed by atoms with van der Waals surface area (Å²) in [4.78, 5) is 21.0. The van der Waals surface area contributed by atoms with E-state index in [1.807, 2.05) is 0 Å². The predicted octanol–water partition coefficient (Wildman–Crippen LogP) is 1.12. The Morgan fingerprint density at radius 2 is 1.67 bits per heavy atom. The summed E-state index contributed by atoms with van der Waals surface area (Å²) in [5, 5.41) is 0. The molecule has 0 spiro atoms. The van der Waals surface area contributed by atoms with Crippen LogP contribution in [-0.4, -0.2) is 31.3 Å². The molecule has 0 fully saturated rings. The first-order valence-electron chi connectivity index (χ1n) is 3.52. The summed E-state index contributed by atoms with van der Waals surface area (Å²) in [6.45, 7) is -2.43. The van der Waals surface area contributed by atoms with Gasteiger partial charge >= 0.3 is 18.1 Å². The van der Waals surface area contributed by atoms with Gasteiger partial charge in [-0.15, -0.1) is 0 Å². The number of rotatable bonds is 3. The van der Waals surface area contributed by atoms with Crippen LogP contribution in [0.25, 0.3) is 0 Å². The highest BCUT2D eigenvalue weighted by atomic mass is 19.4. The second-order valence-corrected chi connectivity index (χ2v) is 2.15. The van der Waals surface area contributed by atoms with E-state index in [1.165, 1.54) is 0 Å². The molecular weight excluding hydrogens is 224 g/mol. The lowest BCUT2D eigenvalue weighted by molar-refractivity contribution is -0.192. The zero-order valence-electron chi connectivity index (χ0n) is 7.21. The molecule has 0 aliphatic rings. The van der Waals surface area contributed by atoms with Gasteiger partial charge < -0.3 is 9.47 Å². The monoisotopic (exact) mass is 230 g/mol. The van der Waals surface area contributed by atoms with Gasteiger partial charge in [-0.3, -0.25) is 0 Å². The number of alkyl halides is 3. The lowest BCUT2D eigenvalue weighted by atomic mass is 10.6. The van der Waals surface area contributed by atoms with Gasteiger partial charge in [0.25, 0.3) is 0 Å². The highest BCUT2D eigenvalue weighted by molar-refractivity contribution is 6.29. The molecule has 0 aromatic rings. The summed E-state index contributed by atoms with van der Waals surface area (Å²) in [5.74, 6) is -3.39. The molecule has 0 aliphatic heterocycles. The second kappa shape index (κ2) is 5.99. The van der Waals surface area contributed by atoms with Crippen LogP contribution in [0, 0.1) is 0 Å². The Bertz CT molecular complexity index is 258. The smallest absolute Gasteiger partial charge is 0.422 e. The SMILES string of the molecule is O=C(OC/C=C\F)C(=O)OCC(F)(F)F. The molecule has 0 radical (unpaired) electrons. The van der Waals surface area contributed by atoms with E-state index in [4.69, 9.17) is 0 Å². The molecular formula is C7H6F4O4. The lowest BCUT2D eigenvalue weighted by Crippen LogP contribution is -2.26. The molecule has 0 aromatic carbocycles. The maximum atomic E-state index is 11.5. The molecule has 0 aliphatic carbocycles. The van der Waals surface area contributed by atoms with E-state index >= 15 is 0 Å². The third-order valence-corrected chi connectivity index (χ3v) is 0.933. The molecule has 4 nitrogen and oxygen atoms in total. The Balaban J connectivity index is 3.85. The number of hydrogen-bond donors (Lipinski definition) is 0. The molecule has 0 saturated carbocycles. The third kappa shape index (κ3) is 7.47. The number of hydrogen-bond acceptors (Lipinski definition) is 4. The molecule has 0 heterocycles. The van der Waals surface area contributed by atoms with Crippen molar-refractivity contribution in [1.29, 1.82) is 0 Å². The fourth-order valence-electron chi connectivity index (χ4n) is 0.425. The van der Waals surface area contributed by atoms with Crippen molar-refractivity contribution in [3.63, 3.8) is 0 Å². The highest BCUT2D eigenvalue weighted by Crippen LogP contribution is 2.14. The fourth-order valence-corrected chi connectivity index (χ4v) is 0.425. The average molecular weight is 230 g/mol. The van der Waals surface area contributed by atoms with Gasteiger partial charge in [0.1, 0.15) is 6.61 Å². The summed E-state index contributed by atoms with van der Waals surface area (Å²) >= 11 is 0. The molecule has 0 amide bonds. The summed E-state index contributed by atoms with van der Waals surface area (Å²) in [5.41, 5.74) is 0. The van der Waals surface area contributed by atoms with Gasteiger partial charge in [0.2, 0.25) is 0 Å². The molecule has 86 valence electrons. The standard InChI is InChI=1S/C7H6F4O4/c8-2-1-3-14-5(12)6(13)15-4-7(9,10)11/h1-2H,3-4H2/b2-1-. The average Bonchev–Trinajstić information content (AvgIpc) is 2.13. The van der Waals surface area contributed by atoms with Crippen molar-refractivity contribution in [3.8, 4) is 0 Å². The van der Waals surface area contributed by atoms with Crippen LogP contribution in [0.2, 0.25) is 0 Å². The molecule has 0 unspecified atom stereocenters. The van der Waals surface area contributed by atoms with Crippen LogP contribution >= 0.6 is 0 Å². The van der Waals surface area contributed by atoms with E-state index in [9.17, 15) is 27.2 Å². The Kier molecular flexibility index (Phi) is 5.35. The van der Waals surface area contributed by atoms with Gasteiger partial charge in [0.05, 0.1) is 6.33 Å². The first-order chi connectivity index (χ1) is 6.87. The van der Waals surface area contributed by atoms with Crippen LogP contribution in [-0.2, 0) is 19.1 Å². The van der Waals surface area contributed by atoms with Crippen molar-refractivity contribution < 1.29 is 36.6 Å². The third-order valence-electron chi connectivity index (χ3n) is 0.933. The van der Waals surface area contributed by atoms with E-state index < -0.39 is 31.3 Å². The second-order valence-electron chi connectivity index (χ2n) is 2.15. The first kappa shape index (κ1) is 13.4. The number of carbonyl (C=O) groups is 2. The number of ether oxygens (including phenoxy) is 2. The van der Waals surface area contributed by atoms with Crippen molar-refractivity contribution in [3.05, 3.63) is 12.4 Å². The maximum absolute atomic E-state index is 11.5. The molecule has 0 saturated heterocycles. The van der Waals surface area contributed by atoms with Gasteiger partial charge in [-0.1, -0.05) is 0 Å². The first-order valence-corrected chi connectivity index (χ1v) is 3.52. The van der Waals surface area contributed by atoms with Crippen LogP contribution in [0.15, 0.2) is 12.4 Å². The molecule has 0 bridgehead atoms. The maximum Gasteiger partial charge on any atom is 0.422 e. The molecule has 0 N–H and O–H groups in total. The predicted molar refractivity (Wildman–Crippen MR) is 38.2 cm³/mol. The van der Waals surface area contributed by atoms with Crippen LogP contribution in [0.5, 0.6) is 0 Å². The number of halogens is 4. The van der Waals surface area contributed by atoms with Crippen molar-refractivity contribution in [1.82, 2.24) is 0 Å². The van der Waals surface area contributed by atoms with E-state index in [1.54, 1.807) is 0 Å². The Morgan fingerprint density at radius 3 is 2.13 bits per heavy atom. The molecule has 15 heavy (non-hydrogen) atoms. The van der Waals surface area contributed by atoms with E-state index in [2.05, 4.69) is 9.47 Å². The van der Waals surface area contributed by atoms with Crippen LogP contribution in [0.1, 0.15) is 0 Å². The van der Waals surface area contributed by atoms with Crippen LogP contribution < -0.4 is 0 Å². The fraction of sp³-hybridized carbons (Fsp3) is 0.429. The minimum absolute atomic E-state index is 0.0499. The van der Waals surface area contributed by atoms with Gasteiger partial charge in [-0.25, -0.2) is 14.0 Å². The highest BCUT2D eigenvalue weighted by Gasteiger charge is 2.31. The zero-order valence-corrected chi connectivity index (χ0v) is 7.21. The van der Waals surface area contributed by atoms with Gasteiger partial charge in [0, 0.05) is 0 Å². The normalized spacial score (nSPS) is 11.5. The zero-order chi connectivity index (χ0) is 11.9. The van der Waals surface area contributed by atoms with Crippen LogP contribution in [0.4, 0.5) is 17.6 Å². The van der Waals surface area contributed by atoms with Crippen molar-refractivity contribution in [2.24, 2.45) is 0 Å². The van der Waals surface area contributed by atoms with Gasteiger partial charge in [0.15, 0.2) is 6.61 Å². The summed E-state index contributed by atoms with van der Waals surface area (Å²) in [6.07, 6.45) is -3.92. The summed E-state index contributed by atoms with van der Waals surface area (Å²) in [7, 11) is 0. The Morgan fingerprint density at radius 1 is 1.13 bits per heavy atom. The number of carbonyl (C=O) groups excluding carboxylic acids is 2. The van der Waals surface area contributed by atoms with E-state index in [0.717, 1.165) is 6.08 Å². The lowest BCUT2D eigenvalue weighted by Gasteiger charge is -2.06. The summed E-state index contributed by atoms with van der Waals surface area (Å²) < 4.78 is 53.3. The Hall–Kier alpha value is -1.60. The minimum atomic E-state index is -4.71. The Labute approximate surface area is 81.5 Å². The molecule has 0 aromatic heterocycles. The van der Waals surface area contributed by atoms with E-state index in [0.29, 0.717) is 0 Å². The van der Waals surface area contributed by atoms with Gasteiger partial charge in [-0.05, 0) is 6.08 Å². The van der Waals surface area contributed by atoms with Gasteiger partial charge in [-0.2, -0.15) is 13.2 Å². The minimum Gasteiger partial charge on any atom is -0.453 e. The quantitative estimate of drug-likeness (QED) is 0.414. The summed E-state index contributed by atoms with van der Waals surface area (Å²) in [6, 6.07) is 0. The molecule has 0 atom stereocenters. The van der Waals surface area contributed by atoms with Crippen LogP contribution in [0.3, 0.4) is 0 Å². The van der Waals surface area contributed by atoms with Crippen molar-refractivity contribution in [2.45, 2.75) is 6.18 Å². The molecule has 0 rings (SSSR count). The molecule has 8 heteroatoms. The number of esters is 2. The van der Waals surface area contributed by atoms with Crippen molar-refractivity contribution >= 4 is 11.9 Å².